The van der Waals surface area contributed by atoms with Crippen molar-refractivity contribution >= 4 is 12.4 Å². The molecule has 20 heavy (non-hydrogen) atoms. The van der Waals surface area contributed by atoms with Gasteiger partial charge in [-0.1, -0.05) is 12.1 Å². The average Bonchev–Trinajstić information content (AvgIpc) is 2.86. The number of benzene rings is 1. The highest BCUT2D eigenvalue weighted by Gasteiger charge is 2.17. The summed E-state index contributed by atoms with van der Waals surface area (Å²) in [7, 11) is 0. The highest BCUT2D eigenvalue weighted by atomic mass is 35.5. The summed E-state index contributed by atoms with van der Waals surface area (Å²) in [5, 5.41) is 3.81. The monoisotopic (exact) mass is 301 g/mol. The minimum absolute atomic E-state index is 0. The highest BCUT2D eigenvalue weighted by molar-refractivity contribution is 5.85. The predicted molar refractivity (Wildman–Crippen MR) is 74.3 cm³/mol. The van der Waals surface area contributed by atoms with Gasteiger partial charge in [-0.3, -0.25) is 0 Å². The Balaban J connectivity index is 0.00000200. The van der Waals surface area contributed by atoms with Gasteiger partial charge in [0.1, 0.15) is 11.6 Å². The van der Waals surface area contributed by atoms with Gasteiger partial charge in [0.15, 0.2) is 6.61 Å². The first-order valence-electron chi connectivity index (χ1n) is 6.02. The van der Waals surface area contributed by atoms with Crippen molar-refractivity contribution in [3.63, 3.8) is 0 Å². The van der Waals surface area contributed by atoms with Gasteiger partial charge in [0.2, 0.25) is 11.7 Å². The molecule has 2 rings (SSSR count). The summed E-state index contributed by atoms with van der Waals surface area (Å²) < 4.78 is 23.2. The molecule has 0 fully saturated rings. The van der Waals surface area contributed by atoms with E-state index in [9.17, 15) is 4.39 Å². The van der Waals surface area contributed by atoms with Crippen molar-refractivity contribution in [2.24, 2.45) is 5.73 Å². The van der Waals surface area contributed by atoms with Gasteiger partial charge >= 0.3 is 0 Å². The molecule has 1 heterocycles. The van der Waals surface area contributed by atoms with E-state index in [0.29, 0.717) is 17.5 Å². The van der Waals surface area contributed by atoms with Gasteiger partial charge in [-0.15, -0.1) is 12.4 Å². The molecule has 1 aromatic heterocycles. The second-order valence-corrected chi connectivity index (χ2v) is 4.44. The van der Waals surface area contributed by atoms with Crippen LogP contribution in [-0.2, 0) is 6.61 Å². The maximum Gasteiger partial charge on any atom is 0.231 e. The summed E-state index contributed by atoms with van der Waals surface area (Å²) in [4.78, 5) is 4.21. The van der Waals surface area contributed by atoms with Crippen LogP contribution in [0.25, 0.3) is 0 Å². The number of ether oxygens (including phenoxy) is 1. The van der Waals surface area contributed by atoms with E-state index < -0.39 is 0 Å². The van der Waals surface area contributed by atoms with Crippen molar-refractivity contribution in [3.05, 3.63) is 41.8 Å². The summed E-state index contributed by atoms with van der Waals surface area (Å²) in [6.45, 7) is 3.97. The molecule has 5 nitrogen and oxygen atoms in total. The molecule has 0 spiro atoms. The first-order chi connectivity index (χ1) is 9.06. The number of halogens is 2. The summed E-state index contributed by atoms with van der Waals surface area (Å²) in [5.74, 6) is 1.17. The Morgan fingerprint density at radius 3 is 2.55 bits per heavy atom. The predicted octanol–water partition coefficient (Wildman–Crippen LogP) is 2.66. The molecule has 110 valence electrons. The van der Waals surface area contributed by atoms with Crippen LogP contribution in [0, 0.1) is 5.82 Å². The second kappa shape index (κ2) is 7.21. The highest BCUT2D eigenvalue weighted by Crippen LogP contribution is 2.17. The fourth-order valence-corrected chi connectivity index (χ4v) is 1.41. The molecule has 0 bridgehead atoms. The lowest BCUT2D eigenvalue weighted by Crippen LogP contribution is -2.22. The van der Waals surface area contributed by atoms with Crippen LogP contribution in [0.2, 0.25) is 0 Å². The van der Waals surface area contributed by atoms with E-state index in [2.05, 4.69) is 10.1 Å². The van der Waals surface area contributed by atoms with Gasteiger partial charge in [-0.2, -0.15) is 4.98 Å². The van der Waals surface area contributed by atoms with Crippen molar-refractivity contribution in [2.45, 2.75) is 32.4 Å². The van der Waals surface area contributed by atoms with Gasteiger partial charge in [0, 0.05) is 6.04 Å². The Morgan fingerprint density at radius 1 is 1.30 bits per heavy atom. The summed E-state index contributed by atoms with van der Waals surface area (Å²) >= 11 is 0. The third-order valence-electron chi connectivity index (χ3n) is 2.84. The Hall–Kier alpha value is -1.66. The molecule has 2 aromatic rings. The Labute approximate surface area is 122 Å². The lowest BCUT2D eigenvalue weighted by atomic mass is 10.1. The lowest BCUT2D eigenvalue weighted by molar-refractivity contribution is 0.283. The zero-order chi connectivity index (χ0) is 13.8. The first kappa shape index (κ1) is 16.4. The number of nitrogens with two attached hydrogens (primary N) is 1. The van der Waals surface area contributed by atoms with Crippen LogP contribution in [0.4, 0.5) is 4.39 Å². The fourth-order valence-electron chi connectivity index (χ4n) is 1.41. The number of nitrogens with zero attached hydrogens (tertiary/aromatic N) is 2. The van der Waals surface area contributed by atoms with Gasteiger partial charge < -0.3 is 15.0 Å². The molecular formula is C13H17ClFN3O2. The molecule has 2 unspecified atom stereocenters. The number of rotatable bonds is 5. The lowest BCUT2D eigenvalue weighted by Gasteiger charge is -2.09. The molecule has 2 N–H and O–H groups in total. The third kappa shape index (κ3) is 4.18. The van der Waals surface area contributed by atoms with Gasteiger partial charge in [0.05, 0.1) is 5.92 Å². The van der Waals surface area contributed by atoms with E-state index in [1.807, 2.05) is 13.8 Å². The number of hydrogen-bond acceptors (Lipinski definition) is 5. The van der Waals surface area contributed by atoms with E-state index >= 15 is 0 Å². The van der Waals surface area contributed by atoms with Crippen LogP contribution in [-0.4, -0.2) is 16.2 Å². The van der Waals surface area contributed by atoms with Crippen molar-refractivity contribution in [1.29, 1.82) is 0 Å². The Morgan fingerprint density at radius 2 is 1.95 bits per heavy atom. The van der Waals surface area contributed by atoms with Crippen molar-refractivity contribution in [2.75, 3.05) is 0 Å². The van der Waals surface area contributed by atoms with E-state index in [0.717, 1.165) is 0 Å². The molecule has 0 saturated carbocycles. The van der Waals surface area contributed by atoms with Crippen molar-refractivity contribution in [1.82, 2.24) is 10.1 Å². The smallest absolute Gasteiger partial charge is 0.231 e. The van der Waals surface area contributed by atoms with Crippen molar-refractivity contribution in [3.8, 4) is 5.75 Å². The normalized spacial score (nSPS) is 13.4. The Bertz CT molecular complexity index is 531. The summed E-state index contributed by atoms with van der Waals surface area (Å²) in [6.07, 6.45) is 0. The van der Waals surface area contributed by atoms with E-state index in [1.54, 1.807) is 12.1 Å². The molecule has 7 heteroatoms. The molecule has 2 atom stereocenters. The topological polar surface area (TPSA) is 74.2 Å². The third-order valence-corrected chi connectivity index (χ3v) is 2.84. The van der Waals surface area contributed by atoms with Crippen LogP contribution >= 0.6 is 12.4 Å². The van der Waals surface area contributed by atoms with Crippen molar-refractivity contribution < 1.29 is 13.7 Å². The quantitative estimate of drug-likeness (QED) is 0.919. The Kier molecular flexibility index (Phi) is 5.91. The molecule has 1 aromatic carbocycles. The van der Waals surface area contributed by atoms with Gasteiger partial charge in [0.25, 0.3) is 0 Å². The van der Waals surface area contributed by atoms with E-state index in [4.69, 9.17) is 15.0 Å². The molecule has 0 radical (unpaired) electrons. The molecule has 0 aliphatic carbocycles. The minimum atomic E-state index is -0.306. The first-order valence-corrected chi connectivity index (χ1v) is 6.02. The minimum Gasteiger partial charge on any atom is -0.485 e. The second-order valence-electron chi connectivity index (χ2n) is 4.44. The number of aromatic nitrogens is 2. The van der Waals surface area contributed by atoms with Crippen LogP contribution in [0.15, 0.2) is 28.8 Å². The average molecular weight is 302 g/mol. The maximum atomic E-state index is 12.7. The van der Waals surface area contributed by atoms with Crippen LogP contribution in [0.3, 0.4) is 0 Å². The molecule has 0 aliphatic rings. The van der Waals surface area contributed by atoms with Gasteiger partial charge in [-0.25, -0.2) is 4.39 Å². The van der Waals surface area contributed by atoms with E-state index in [1.165, 1.54) is 12.1 Å². The van der Waals surface area contributed by atoms with Crippen LogP contribution in [0.1, 0.15) is 31.5 Å². The zero-order valence-electron chi connectivity index (χ0n) is 11.2. The SMILES string of the molecule is CC(N)C(C)c1nc(COc2ccc(F)cc2)no1.Cl. The van der Waals surface area contributed by atoms with E-state index in [-0.39, 0.29) is 36.8 Å². The zero-order valence-corrected chi connectivity index (χ0v) is 12.1. The molecule has 0 amide bonds. The van der Waals surface area contributed by atoms with Crippen LogP contribution in [0.5, 0.6) is 5.75 Å². The van der Waals surface area contributed by atoms with Crippen LogP contribution < -0.4 is 10.5 Å². The van der Waals surface area contributed by atoms with Gasteiger partial charge in [-0.05, 0) is 31.2 Å². The standard InChI is InChI=1S/C13H16FN3O2.ClH/c1-8(9(2)15)13-16-12(17-19-13)7-18-11-5-3-10(14)4-6-11;/h3-6,8-9H,7,15H2,1-2H3;1H. The molecule has 0 saturated heterocycles. The molecule has 0 aliphatic heterocycles. The maximum absolute atomic E-state index is 12.7. The number of hydrogen-bond donors (Lipinski definition) is 1. The fraction of sp³-hybridized carbons (Fsp3) is 0.385. The largest absolute Gasteiger partial charge is 0.485 e. The summed E-state index contributed by atoms with van der Waals surface area (Å²) in [5.41, 5.74) is 5.76. The molecular weight excluding hydrogens is 285 g/mol. The summed E-state index contributed by atoms with van der Waals surface area (Å²) in [6, 6.07) is 5.68.